The third-order valence-electron chi connectivity index (χ3n) is 7.24. The number of benzene rings is 3. The van der Waals surface area contributed by atoms with E-state index in [1.807, 2.05) is 79.7 Å². The first kappa shape index (κ1) is 20.4. The lowest BCUT2D eigenvalue weighted by atomic mass is 9.55. The van der Waals surface area contributed by atoms with Gasteiger partial charge in [0.2, 0.25) is 17.7 Å². The molecule has 33 heavy (non-hydrogen) atoms. The molecule has 164 valence electrons. The van der Waals surface area contributed by atoms with Gasteiger partial charge in [-0.3, -0.25) is 19.3 Å². The molecule has 5 nitrogen and oxygen atoms in total. The van der Waals surface area contributed by atoms with Crippen LogP contribution in [-0.4, -0.2) is 29.2 Å². The zero-order chi connectivity index (χ0) is 22.9. The number of likely N-dealkylation sites (tertiary alicyclic amines) is 1. The van der Waals surface area contributed by atoms with Gasteiger partial charge in [0, 0.05) is 11.6 Å². The highest BCUT2D eigenvalue weighted by molar-refractivity contribution is 9.09. The molecule has 1 fully saturated rings. The molecule has 0 radical (unpaired) electrons. The normalized spacial score (nSPS) is 26.6. The van der Waals surface area contributed by atoms with Crippen LogP contribution in [0.15, 0.2) is 72.8 Å². The summed E-state index contributed by atoms with van der Waals surface area (Å²) in [6.45, 7) is 1.68. The minimum Gasteiger partial charge on any atom is -0.325 e. The lowest BCUT2D eigenvalue weighted by molar-refractivity contribution is -0.142. The van der Waals surface area contributed by atoms with Crippen molar-refractivity contribution in [2.45, 2.75) is 17.2 Å². The number of hydrogen-bond acceptors (Lipinski definition) is 3. The Morgan fingerprint density at radius 1 is 0.909 bits per heavy atom. The number of amides is 3. The van der Waals surface area contributed by atoms with E-state index in [0.29, 0.717) is 5.69 Å². The van der Waals surface area contributed by atoms with Crippen LogP contribution in [0.1, 0.15) is 33.7 Å². The van der Waals surface area contributed by atoms with Gasteiger partial charge < -0.3 is 5.32 Å². The van der Waals surface area contributed by atoms with E-state index in [1.54, 1.807) is 0 Å². The molecule has 0 aromatic heterocycles. The summed E-state index contributed by atoms with van der Waals surface area (Å²) in [7, 11) is 0. The van der Waals surface area contributed by atoms with Crippen LogP contribution in [0.25, 0.3) is 0 Å². The first-order chi connectivity index (χ1) is 15.9. The maximum Gasteiger partial charge on any atom is 0.244 e. The lowest BCUT2D eigenvalue weighted by Crippen LogP contribution is -2.50. The van der Waals surface area contributed by atoms with Crippen molar-refractivity contribution in [2.75, 3.05) is 11.9 Å². The molecule has 2 atom stereocenters. The molecule has 1 heterocycles. The number of alkyl halides is 1. The molecule has 3 amide bonds. The second kappa shape index (κ2) is 7.12. The number of aryl methyl sites for hydroxylation is 1. The number of rotatable bonds is 3. The van der Waals surface area contributed by atoms with Crippen molar-refractivity contribution in [3.8, 4) is 0 Å². The van der Waals surface area contributed by atoms with Gasteiger partial charge in [-0.15, -0.1) is 0 Å². The van der Waals surface area contributed by atoms with Crippen LogP contribution in [0, 0.1) is 18.8 Å². The Labute approximate surface area is 199 Å². The SMILES string of the molecule is Cc1ccc(NC(=O)CN2C(=O)[C@@H]3[C@@H](C2=O)C2c4ccccc4C3(Br)c3ccccc32)cc1. The molecular weight excluding hydrogens is 480 g/mol. The van der Waals surface area contributed by atoms with Crippen LogP contribution in [0.4, 0.5) is 5.69 Å². The topological polar surface area (TPSA) is 66.5 Å². The number of carbonyl (C=O) groups is 3. The van der Waals surface area contributed by atoms with Gasteiger partial charge >= 0.3 is 0 Å². The zero-order valence-electron chi connectivity index (χ0n) is 17.9. The summed E-state index contributed by atoms with van der Waals surface area (Å²) in [4.78, 5) is 41.3. The predicted molar refractivity (Wildman–Crippen MR) is 128 cm³/mol. The van der Waals surface area contributed by atoms with Crippen molar-refractivity contribution in [1.82, 2.24) is 4.90 Å². The Balaban J connectivity index is 1.38. The second-order valence-corrected chi connectivity index (χ2v) is 10.3. The first-order valence-electron chi connectivity index (χ1n) is 11.0. The Morgan fingerprint density at radius 2 is 1.48 bits per heavy atom. The molecule has 0 saturated carbocycles. The van der Waals surface area contributed by atoms with Crippen molar-refractivity contribution >= 4 is 39.3 Å². The predicted octanol–water partition coefficient (Wildman–Crippen LogP) is 4.33. The number of anilines is 1. The molecular formula is C27H21BrN2O3. The molecule has 1 N–H and O–H groups in total. The molecule has 6 heteroatoms. The molecule has 0 unspecified atom stereocenters. The van der Waals surface area contributed by atoms with Crippen molar-refractivity contribution in [3.63, 3.8) is 0 Å². The fourth-order valence-electron chi connectivity index (χ4n) is 5.88. The number of nitrogens with one attached hydrogen (secondary N) is 1. The van der Waals surface area contributed by atoms with E-state index in [-0.39, 0.29) is 30.2 Å². The van der Waals surface area contributed by atoms with Gasteiger partial charge in [-0.2, -0.15) is 0 Å². The summed E-state index contributed by atoms with van der Waals surface area (Å²) in [5, 5.41) is 2.80. The van der Waals surface area contributed by atoms with Gasteiger partial charge in [0.25, 0.3) is 0 Å². The molecule has 3 aromatic rings. The summed E-state index contributed by atoms with van der Waals surface area (Å²) in [5.41, 5.74) is 5.92. The number of nitrogens with zero attached hydrogens (tertiary/aromatic N) is 1. The van der Waals surface area contributed by atoms with Gasteiger partial charge in [-0.05, 0) is 41.3 Å². The van der Waals surface area contributed by atoms with Crippen LogP contribution >= 0.6 is 15.9 Å². The van der Waals surface area contributed by atoms with E-state index in [2.05, 4.69) is 21.2 Å². The van der Waals surface area contributed by atoms with Gasteiger partial charge in [0.1, 0.15) is 6.54 Å². The second-order valence-electron chi connectivity index (χ2n) is 9.04. The monoisotopic (exact) mass is 500 g/mol. The van der Waals surface area contributed by atoms with E-state index >= 15 is 0 Å². The van der Waals surface area contributed by atoms with E-state index in [9.17, 15) is 14.4 Å². The highest BCUT2D eigenvalue weighted by atomic mass is 79.9. The van der Waals surface area contributed by atoms with E-state index < -0.39 is 16.2 Å². The highest BCUT2D eigenvalue weighted by Crippen LogP contribution is 2.66. The highest BCUT2D eigenvalue weighted by Gasteiger charge is 2.67. The minimum absolute atomic E-state index is 0.205. The Kier molecular flexibility index (Phi) is 4.40. The molecule has 2 bridgehead atoms. The molecule has 1 aliphatic heterocycles. The number of halogens is 1. The van der Waals surface area contributed by atoms with Crippen LogP contribution in [0.5, 0.6) is 0 Å². The third-order valence-corrected chi connectivity index (χ3v) is 8.59. The zero-order valence-corrected chi connectivity index (χ0v) is 19.5. The fraction of sp³-hybridized carbons (Fsp3) is 0.222. The smallest absolute Gasteiger partial charge is 0.244 e. The average molecular weight is 501 g/mol. The van der Waals surface area contributed by atoms with E-state index in [1.165, 1.54) is 0 Å². The summed E-state index contributed by atoms with van der Waals surface area (Å²) in [6.07, 6.45) is 0. The van der Waals surface area contributed by atoms with Gasteiger partial charge in [0.05, 0.1) is 16.2 Å². The van der Waals surface area contributed by atoms with Crippen molar-refractivity contribution < 1.29 is 14.4 Å². The van der Waals surface area contributed by atoms with Gasteiger partial charge in [-0.25, -0.2) is 0 Å². The maximum absolute atomic E-state index is 13.7. The van der Waals surface area contributed by atoms with E-state index in [4.69, 9.17) is 0 Å². The molecule has 7 rings (SSSR count). The molecule has 0 spiro atoms. The first-order valence-corrected chi connectivity index (χ1v) is 11.8. The molecule has 3 aromatic carbocycles. The number of imide groups is 1. The molecule has 4 aliphatic rings. The largest absolute Gasteiger partial charge is 0.325 e. The lowest BCUT2D eigenvalue weighted by Gasteiger charge is -2.51. The van der Waals surface area contributed by atoms with Gasteiger partial charge in [-0.1, -0.05) is 82.2 Å². The quantitative estimate of drug-likeness (QED) is 0.429. The van der Waals surface area contributed by atoms with Crippen LogP contribution in [-0.2, 0) is 18.7 Å². The molecule has 3 aliphatic carbocycles. The summed E-state index contributed by atoms with van der Waals surface area (Å²) in [6, 6.07) is 23.5. The standard InChI is InChI=1S/C27H21BrN2O3/c1-15-10-12-16(13-11-15)29-21(31)14-30-25(32)23-22-17-6-2-4-8-19(17)27(28,24(23)26(30)33)20-9-5-3-7-18(20)22/h2-13,22-24H,14H2,1H3,(H,29,31)/t22?,23-,24-,27?/m0/s1. The third kappa shape index (κ3) is 2.73. The fourth-order valence-corrected chi connectivity index (χ4v) is 7.08. The summed E-state index contributed by atoms with van der Waals surface area (Å²) < 4.78 is -0.797. The van der Waals surface area contributed by atoms with Crippen molar-refractivity contribution in [3.05, 3.63) is 101 Å². The molecule has 1 saturated heterocycles. The maximum atomic E-state index is 13.7. The van der Waals surface area contributed by atoms with E-state index in [0.717, 1.165) is 32.7 Å². The van der Waals surface area contributed by atoms with Crippen LogP contribution < -0.4 is 5.32 Å². The van der Waals surface area contributed by atoms with Crippen molar-refractivity contribution in [1.29, 1.82) is 0 Å². The summed E-state index contributed by atoms with van der Waals surface area (Å²) >= 11 is 3.96. The summed E-state index contributed by atoms with van der Waals surface area (Å²) in [5.74, 6) is -2.29. The Bertz CT molecular complexity index is 1290. The van der Waals surface area contributed by atoms with Crippen LogP contribution in [0.2, 0.25) is 0 Å². The van der Waals surface area contributed by atoms with Crippen LogP contribution in [0.3, 0.4) is 0 Å². The van der Waals surface area contributed by atoms with Crippen molar-refractivity contribution in [2.24, 2.45) is 11.8 Å². The number of carbonyl (C=O) groups excluding carboxylic acids is 3. The Morgan fingerprint density at radius 3 is 2.09 bits per heavy atom. The minimum atomic E-state index is -0.797. The Hall–Kier alpha value is -3.25. The number of hydrogen-bond donors (Lipinski definition) is 1. The average Bonchev–Trinajstić information content (AvgIpc) is 3.07. The van der Waals surface area contributed by atoms with Gasteiger partial charge in [0.15, 0.2) is 0 Å².